The lowest BCUT2D eigenvalue weighted by molar-refractivity contribution is -0.147. The van der Waals surface area contributed by atoms with E-state index in [1.54, 1.807) is 37.3 Å². The Balaban J connectivity index is 2.64. The first-order chi connectivity index (χ1) is 8.58. The molecular weight excluding hydrogens is 232 g/mol. The molecular formula is C14H18O4. The van der Waals surface area contributed by atoms with Crippen LogP contribution in [0.4, 0.5) is 0 Å². The molecule has 2 unspecified atom stereocenters. The molecule has 0 bridgehead atoms. The lowest BCUT2D eigenvalue weighted by atomic mass is 10.0. The summed E-state index contributed by atoms with van der Waals surface area (Å²) in [6.07, 6.45) is -0.810. The second kappa shape index (κ2) is 6.93. The molecule has 2 N–H and O–H groups in total. The summed E-state index contributed by atoms with van der Waals surface area (Å²) in [7, 11) is 0. The molecule has 0 saturated carbocycles. The van der Waals surface area contributed by atoms with E-state index in [2.05, 4.69) is 6.58 Å². The van der Waals surface area contributed by atoms with Crippen molar-refractivity contribution in [3.8, 4) is 0 Å². The minimum absolute atomic E-state index is 0.224. The van der Waals surface area contributed by atoms with Crippen LogP contribution >= 0.6 is 0 Å². The Hall–Kier alpha value is -1.65. The molecule has 0 aliphatic heterocycles. The monoisotopic (exact) mass is 250 g/mol. The van der Waals surface area contributed by atoms with Gasteiger partial charge in [-0.3, -0.25) is 4.79 Å². The van der Waals surface area contributed by atoms with Crippen LogP contribution in [0, 0.1) is 0 Å². The highest BCUT2D eigenvalue weighted by Gasteiger charge is 2.21. The van der Waals surface area contributed by atoms with Crippen LogP contribution < -0.4 is 0 Å². The lowest BCUT2D eigenvalue weighted by Crippen LogP contribution is -2.23. The molecule has 98 valence electrons. The summed E-state index contributed by atoms with van der Waals surface area (Å²) in [5.74, 6) is -0.522. The van der Waals surface area contributed by atoms with Crippen LogP contribution in [0.25, 0.3) is 6.08 Å². The maximum absolute atomic E-state index is 11.2. The fourth-order valence-electron chi connectivity index (χ4n) is 1.55. The average Bonchev–Trinajstić information content (AvgIpc) is 2.38. The van der Waals surface area contributed by atoms with Crippen molar-refractivity contribution in [2.75, 3.05) is 6.61 Å². The van der Waals surface area contributed by atoms with Crippen LogP contribution in [0.3, 0.4) is 0 Å². The zero-order chi connectivity index (χ0) is 13.5. The van der Waals surface area contributed by atoms with Crippen LogP contribution in [0.2, 0.25) is 0 Å². The zero-order valence-electron chi connectivity index (χ0n) is 10.4. The third-order valence-electron chi connectivity index (χ3n) is 2.56. The van der Waals surface area contributed by atoms with Crippen molar-refractivity contribution < 1.29 is 19.7 Å². The predicted octanol–water partition coefficient (Wildman–Crippen LogP) is 1.68. The van der Waals surface area contributed by atoms with E-state index < -0.39 is 18.2 Å². The number of rotatable bonds is 6. The number of carbonyl (C=O) groups is 1. The van der Waals surface area contributed by atoms with E-state index in [9.17, 15) is 15.0 Å². The van der Waals surface area contributed by atoms with E-state index in [0.29, 0.717) is 5.56 Å². The first kappa shape index (κ1) is 14.4. The van der Waals surface area contributed by atoms with Crippen molar-refractivity contribution in [3.05, 3.63) is 42.0 Å². The van der Waals surface area contributed by atoms with Gasteiger partial charge in [0.2, 0.25) is 0 Å². The van der Waals surface area contributed by atoms with Gasteiger partial charge in [0.25, 0.3) is 0 Å². The first-order valence-corrected chi connectivity index (χ1v) is 5.82. The fourth-order valence-corrected chi connectivity index (χ4v) is 1.55. The molecule has 0 aliphatic rings. The topological polar surface area (TPSA) is 66.8 Å². The van der Waals surface area contributed by atoms with Gasteiger partial charge in [-0.2, -0.15) is 0 Å². The summed E-state index contributed by atoms with van der Waals surface area (Å²) in [5, 5.41) is 19.6. The minimum atomic E-state index is -1.17. The Kier molecular flexibility index (Phi) is 5.55. The molecule has 1 aromatic rings. The number of ether oxygens (including phenoxy) is 1. The van der Waals surface area contributed by atoms with E-state index in [1.807, 2.05) is 0 Å². The molecule has 0 spiro atoms. The van der Waals surface area contributed by atoms with Crippen molar-refractivity contribution in [3.63, 3.8) is 0 Å². The van der Waals surface area contributed by atoms with Crippen molar-refractivity contribution in [1.82, 2.24) is 0 Å². The third kappa shape index (κ3) is 3.98. The highest BCUT2D eigenvalue weighted by atomic mass is 16.5. The van der Waals surface area contributed by atoms with Gasteiger partial charge in [0.15, 0.2) is 0 Å². The van der Waals surface area contributed by atoms with Gasteiger partial charge in [-0.25, -0.2) is 0 Å². The van der Waals surface area contributed by atoms with E-state index in [-0.39, 0.29) is 13.0 Å². The van der Waals surface area contributed by atoms with Gasteiger partial charge < -0.3 is 14.9 Å². The summed E-state index contributed by atoms with van der Waals surface area (Å²) >= 11 is 0. The second-order valence-electron chi connectivity index (χ2n) is 3.89. The maximum Gasteiger partial charge on any atom is 0.308 e. The molecule has 0 amide bonds. The number of hydrogen-bond acceptors (Lipinski definition) is 4. The van der Waals surface area contributed by atoms with E-state index in [0.717, 1.165) is 5.56 Å². The van der Waals surface area contributed by atoms with Gasteiger partial charge in [0, 0.05) is 0 Å². The van der Waals surface area contributed by atoms with Gasteiger partial charge in [-0.15, -0.1) is 0 Å². The molecule has 1 rings (SSSR count). The molecule has 0 aliphatic carbocycles. The van der Waals surface area contributed by atoms with Crippen LogP contribution in [-0.2, 0) is 9.53 Å². The highest BCUT2D eigenvalue weighted by Crippen LogP contribution is 2.20. The van der Waals surface area contributed by atoms with Gasteiger partial charge in [-0.05, 0) is 18.1 Å². The summed E-state index contributed by atoms with van der Waals surface area (Å²) in [5.41, 5.74) is 1.48. The van der Waals surface area contributed by atoms with Crippen LogP contribution in [0.15, 0.2) is 30.8 Å². The Morgan fingerprint density at radius 1 is 1.39 bits per heavy atom. The van der Waals surface area contributed by atoms with Gasteiger partial charge in [-0.1, -0.05) is 36.9 Å². The second-order valence-corrected chi connectivity index (χ2v) is 3.89. The summed E-state index contributed by atoms with van der Waals surface area (Å²) < 4.78 is 4.71. The summed E-state index contributed by atoms with van der Waals surface area (Å²) in [4.78, 5) is 11.2. The molecule has 4 heteroatoms. The van der Waals surface area contributed by atoms with Crippen LogP contribution in [0.1, 0.15) is 30.6 Å². The maximum atomic E-state index is 11.2. The van der Waals surface area contributed by atoms with Crippen LogP contribution in [-0.4, -0.2) is 28.9 Å². The molecule has 2 atom stereocenters. The number of esters is 1. The SMILES string of the molecule is C=Cc1ccc(C(O)C(O)CC(=O)OCC)cc1. The largest absolute Gasteiger partial charge is 0.466 e. The standard InChI is InChI=1S/C14H18O4/c1-3-10-5-7-11(8-6-10)14(17)12(15)9-13(16)18-4-2/h3,5-8,12,14-15,17H,1,4,9H2,2H3. The Bertz CT molecular complexity index is 397. The van der Waals surface area contributed by atoms with E-state index in [1.165, 1.54) is 0 Å². The molecule has 4 nitrogen and oxygen atoms in total. The van der Waals surface area contributed by atoms with Crippen molar-refractivity contribution in [2.45, 2.75) is 25.6 Å². The lowest BCUT2D eigenvalue weighted by Gasteiger charge is -2.17. The number of hydrogen-bond donors (Lipinski definition) is 2. The summed E-state index contributed by atoms with van der Waals surface area (Å²) in [6.45, 7) is 5.58. The molecule has 0 radical (unpaired) electrons. The number of benzene rings is 1. The van der Waals surface area contributed by atoms with Crippen molar-refractivity contribution >= 4 is 12.0 Å². The smallest absolute Gasteiger partial charge is 0.308 e. The van der Waals surface area contributed by atoms with Crippen molar-refractivity contribution in [1.29, 1.82) is 0 Å². The number of aliphatic hydroxyl groups is 2. The molecule has 1 aromatic carbocycles. The Morgan fingerprint density at radius 3 is 2.50 bits per heavy atom. The molecule has 18 heavy (non-hydrogen) atoms. The van der Waals surface area contributed by atoms with Gasteiger partial charge in [0.05, 0.1) is 19.1 Å². The zero-order valence-corrected chi connectivity index (χ0v) is 10.4. The first-order valence-electron chi connectivity index (χ1n) is 5.82. The normalized spacial score (nSPS) is 13.7. The quantitative estimate of drug-likeness (QED) is 0.754. The molecule has 0 heterocycles. The molecule has 0 aromatic heterocycles. The number of aliphatic hydroxyl groups excluding tert-OH is 2. The summed E-state index contributed by atoms with van der Waals surface area (Å²) in [6, 6.07) is 6.94. The molecule has 0 fully saturated rings. The number of carbonyl (C=O) groups excluding carboxylic acids is 1. The van der Waals surface area contributed by atoms with Crippen LogP contribution in [0.5, 0.6) is 0 Å². The van der Waals surface area contributed by atoms with Crippen molar-refractivity contribution in [2.24, 2.45) is 0 Å². The highest BCUT2D eigenvalue weighted by molar-refractivity contribution is 5.70. The average molecular weight is 250 g/mol. The molecule has 0 saturated heterocycles. The minimum Gasteiger partial charge on any atom is -0.466 e. The van der Waals surface area contributed by atoms with E-state index in [4.69, 9.17) is 4.74 Å². The fraction of sp³-hybridized carbons (Fsp3) is 0.357. The van der Waals surface area contributed by atoms with Gasteiger partial charge >= 0.3 is 5.97 Å². The van der Waals surface area contributed by atoms with E-state index >= 15 is 0 Å². The Morgan fingerprint density at radius 2 is 2.00 bits per heavy atom. The predicted molar refractivity (Wildman–Crippen MR) is 68.7 cm³/mol. The van der Waals surface area contributed by atoms with Gasteiger partial charge in [0.1, 0.15) is 6.10 Å². The third-order valence-corrected chi connectivity index (χ3v) is 2.56. The Labute approximate surface area is 107 Å².